The molecule has 0 saturated carbocycles. The highest BCUT2D eigenvalue weighted by molar-refractivity contribution is 5.96. The quantitative estimate of drug-likeness (QED) is 0.547. The second kappa shape index (κ2) is 10.2. The molecule has 29 heavy (non-hydrogen) atoms. The van der Waals surface area contributed by atoms with Gasteiger partial charge in [-0.15, -0.1) is 0 Å². The van der Waals surface area contributed by atoms with Gasteiger partial charge in [0.05, 0.1) is 11.4 Å². The lowest BCUT2D eigenvalue weighted by molar-refractivity contribution is -0.143. The first-order chi connectivity index (χ1) is 13.8. The van der Waals surface area contributed by atoms with Crippen molar-refractivity contribution in [2.24, 2.45) is 0 Å². The predicted octanol–water partition coefficient (Wildman–Crippen LogP) is 2.42. The molecule has 0 saturated heterocycles. The van der Waals surface area contributed by atoms with Crippen molar-refractivity contribution in [3.8, 4) is 5.69 Å². The van der Waals surface area contributed by atoms with Crippen molar-refractivity contribution in [3.63, 3.8) is 0 Å². The third kappa shape index (κ3) is 6.27. The molecule has 0 radical (unpaired) electrons. The van der Waals surface area contributed by atoms with Crippen LogP contribution in [-0.4, -0.2) is 40.8 Å². The molecule has 2 aromatic rings. The number of amides is 3. The summed E-state index contributed by atoms with van der Waals surface area (Å²) >= 11 is 0. The van der Waals surface area contributed by atoms with Gasteiger partial charge in [-0.2, -0.15) is 5.10 Å². The minimum atomic E-state index is -0.734. The molecule has 0 unspecified atom stereocenters. The van der Waals surface area contributed by atoms with Crippen LogP contribution < -0.4 is 10.6 Å². The summed E-state index contributed by atoms with van der Waals surface area (Å²) in [6.45, 7) is 5.33. The van der Waals surface area contributed by atoms with Crippen LogP contribution in [0.3, 0.4) is 0 Å². The molecule has 2 rings (SSSR count). The Balaban J connectivity index is 1.95. The van der Waals surface area contributed by atoms with E-state index in [1.807, 2.05) is 13.8 Å². The van der Waals surface area contributed by atoms with Gasteiger partial charge in [0.1, 0.15) is 5.82 Å². The Bertz CT molecular complexity index is 919. The monoisotopic (exact) mass is 402 g/mol. The lowest BCUT2D eigenvalue weighted by atomic mass is 10.2. The number of nitrogens with zero attached hydrogens (tertiary/aromatic N) is 2. The van der Waals surface area contributed by atoms with E-state index in [9.17, 15) is 18.8 Å². The zero-order valence-corrected chi connectivity index (χ0v) is 16.5. The molecule has 0 spiro atoms. The Morgan fingerprint density at radius 2 is 1.90 bits per heavy atom. The van der Waals surface area contributed by atoms with Gasteiger partial charge < -0.3 is 10.1 Å². The number of halogens is 1. The van der Waals surface area contributed by atoms with Crippen LogP contribution in [0.25, 0.3) is 11.8 Å². The number of urea groups is 1. The van der Waals surface area contributed by atoms with Crippen LogP contribution in [0.1, 0.15) is 30.3 Å². The molecule has 154 valence electrons. The minimum absolute atomic E-state index is 0.343. The summed E-state index contributed by atoms with van der Waals surface area (Å²) in [5.74, 6) is -1.80. The maximum Gasteiger partial charge on any atom is 0.331 e. The summed E-state index contributed by atoms with van der Waals surface area (Å²) in [6.07, 6.45) is 3.44. The Morgan fingerprint density at radius 1 is 1.21 bits per heavy atom. The van der Waals surface area contributed by atoms with Gasteiger partial charge in [0.25, 0.3) is 5.91 Å². The molecular formula is C20H23FN4O4. The molecule has 0 aliphatic heterocycles. The lowest BCUT2D eigenvalue weighted by Gasteiger charge is -2.05. The summed E-state index contributed by atoms with van der Waals surface area (Å²) in [7, 11) is 0. The van der Waals surface area contributed by atoms with Crippen molar-refractivity contribution in [2.75, 3.05) is 13.2 Å². The zero-order valence-electron chi connectivity index (χ0n) is 16.5. The fourth-order valence-corrected chi connectivity index (χ4v) is 2.51. The van der Waals surface area contributed by atoms with Crippen LogP contribution in [0, 0.1) is 19.7 Å². The molecule has 0 atom stereocenters. The summed E-state index contributed by atoms with van der Waals surface area (Å²) in [4.78, 5) is 34.8. The van der Waals surface area contributed by atoms with E-state index in [-0.39, 0.29) is 5.82 Å². The molecule has 1 aromatic carbocycles. The minimum Gasteiger partial charge on any atom is -0.452 e. The summed E-state index contributed by atoms with van der Waals surface area (Å²) in [5.41, 5.74) is 2.81. The molecule has 1 aromatic heterocycles. The first-order valence-corrected chi connectivity index (χ1v) is 9.06. The number of imide groups is 1. The van der Waals surface area contributed by atoms with Gasteiger partial charge in [0.15, 0.2) is 6.61 Å². The number of carbonyl (C=O) groups excluding carboxylic acids is 3. The summed E-state index contributed by atoms with van der Waals surface area (Å²) in [6, 6.07) is 5.25. The van der Waals surface area contributed by atoms with Gasteiger partial charge >= 0.3 is 12.0 Å². The van der Waals surface area contributed by atoms with Crippen molar-refractivity contribution in [1.29, 1.82) is 0 Å². The molecule has 0 bridgehead atoms. The number of aryl methyl sites for hydroxylation is 1. The van der Waals surface area contributed by atoms with Gasteiger partial charge in [-0.25, -0.2) is 18.7 Å². The standard InChI is InChI=1S/C20H23FN4O4/c1-4-11-22-20(28)23-18(26)12-29-19(27)10-9-17-13(2)24-25(14(17)3)16-7-5-15(21)6-8-16/h5-10H,4,11-12H2,1-3H3,(H2,22,23,26,28)/b10-9+. The molecule has 0 fully saturated rings. The van der Waals surface area contributed by atoms with E-state index >= 15 is 0 Å². The number of rotatable bonds is 7. The lowest BCUT2D eigenvalue weighted by Crippen LogP contribution is -2.41. The van der Waals surface area contributed by atoms with E-state index in [1.54, 1.807) is 23.7 Å². The van der Waals surface area contributed by atoms with Gasteiger partial charge in [-0.1, -0.05) is 6.92 Å². The fraction of sp³-hybridized carbons (Fsp3) is 0.300. The largest absolute Gasteiger partial charge is 0.452 e. The van der Waals surface area contributed by atoms with Gasteiger partial charge in [-0.3, -0.25) is 10.1 Å². The van der Waals surface area contributed by atoms with Crippen molar-refractivity contribution < 1.29 is 23.5 Å². The molecule has 0 aliphatic carbocycles. The van der Waals surface area contributed by atoms with E-state index in [0.717, 1.165) is 12.1 Å². The first-order valence-electron chi connectivity index (χ1n) is 9.06. The number of benzene rings is 1. The number of esters is 1. The number of ether oxygens (including phenoxy) is 1. The van der Waals surface area contributed by atoms with Crippen molar-refractivity contribution in [1.82, 2.24) is 20.4 Å². The SMILES string of the molecule is CCCNC(=O)NC(=O)COC(=O)/C=C/c1c(C)nn(-c2ccc(F)cc2)c1C. The number of carbonyl (C=O) groups is 3. The average Bonchev–Trinajstić information content (AvgIpc) is 2.97. The molecule has 1 heterocycles. The van der Waals surface area contributed by atoms with Crippen LogP contribution in [0.4, 0.5) is 9.18 Å². The highest BCUT2D eigenvalue weighted by Crippen LogP contribution is 2.19. The normalized spacial score (nSPS) is 10.8. The summed E-state index contributed by atoms with van der Waals surface area (Å²) < 4.78 is 19.6. The maximum absolute atomic E-state index is 13.1. The number of hydrogen-bond acceptors (Lipinski definition) is 5. The second-order valence-electron chi connectivity index (χ2n) is 6.22. The van der Waals surface area contributed by atoms with Crippen LogP contribution >= 0.6 is 0 Å². The highest BCUT2D eigenvalue weighted by atomic mass is 19.1. The Hall–Kier alpha value is -3.49. The van der Waals surface area contributed by atoms with Crippen molar-refractivity contribution >= 4 is 24.0 Å². The van der Waals surface area contributed by atoms with E-state index in [2.05, 4.69) is 15.7 Å². The Kier molecular flexibility index (Phi) is 7.64. The topological polar surface area (TPSA) is 102 Å². The van der Waals surface area contributed by atoms with Gasteiger partial charge in [0, 0.05) is 23.9 Å². The molecule has 0 aliphatic rings. The Morgan fingerprint density at radius 3 is 2.55 bits per heavy atom. The number of nitrogens with one attached hydrogen (secondary N) is 2. The highest BCUT2D eigenvalue weighted by Gasteiger charge is 2.12. The predicted molar refractivity (Wildman–Crippen MR) is 105 cm³/mol. The van der Waals surface area contributed by atoms with Crippen LogP contribution in [0.15, 0.2) is 30.3 Å². The van der Waals surface area contributed by atoms with Gasteiger partial charge in [-0.05, 0) is 50.6 Å². The maximum atomic E-state index is 13.1. The van der Waals surface area contributed by atoms with E-state index in [0.29, 0.717) is 23.5 Å². The third-order valence-electron chi connectivity index (χ3n) is 3.94. The third-order valence-corrected chi connectivity index (χ3v) is 3.94. The molecule has 3 amide bonds. The smallest absolute Gasteiger partial charge is 0.331 e. The first kappa shape index (κ1) is 21.8. The van der Waals surface area contributed by atoms with E-state index in [4.69, 9.17) is 4.74 Å². The number of aromatic nitrogens is 2. The molecular weight excluding hydrogens is 379 g/mol. The second-order valence-corrected chi connectivity index (χ2v) is 6.22. The molecule has 8 nitrogen and oxygen atoms in total. The fourth-order valence-electron chi connectivity index (χ4n) is 2.51. The van der Waals surface area contributed by atoms with Crippen molar-refractivity contribution in [3.05, 3.63) is 53.1 Å². The van der Waals surface area contributed by atoms with Crippen LogP contribution in [-0.2, 0) is 14.3 Å². The number of hydrogen-bond donors (Lipinski definition) is 2. The summed E-state index contributed by atoms with van der Waals surface area (Å²) in [5, 5.41) is 8.93. The van der Waals surface area contributed by atoms with Crippen LogP contribution in [0.2, 0.25) is 0 Å². The molecule has 2 N–H and O–H groups in total. The molecule has 9 heteroatoms. The zero-order chi connectivity index (χ0) is 21.4. The average molecular weight is 402 g/mol. The van der Waals surface area contributed by atoms with E-state index in [1.165, 1.54) is 24.3 Å². The Labute approximate surface area is 167 Å². The van der Waals surface area contributed by atoms with Gasteiger partial charge in [0.2, 0.25) is 0 Å². The van der Waals surface area contributed by atoms with Crippen molar-refractivity contribution in [2.45, 2.75) is 27.2 Å². The van der Waals surface area contributed by atoms with E-state index < -0.39 is 24.5 Å². The van der Waals surface area contributed by atoms with Crippen LogP contribution in [0.5, 0.6) is 0 Å².